The van der Waals surface area contributed by atoms with Crippen LogP contribution in [-0.2, 0) is 0 Å². The first-order chi connectivity index (χ1) is 18.5. The van der Waals surface area contributed by atoms with Crippen LogP contribution in [0, 0.1) is 6.92 Å². The highest BCUT2D eigenvalue weighted by Crippen LogP contribution is 2.30. The van der Waals surface area contributed by atoms with Crippen molar-refractivity contribution in [1.82, 2.24) is 19.8 Å². The van der Waals surface area contributed by atoms with Crippen LogP contribution in [0.2, 0.25) is 0 Å². The maximum atomic E-state index is 12.8. The van der Waals surface area contributed by atoms with Gasteiger partial charge in [0.1, 0.15) is 0 Å². The summed E-state index contributed by atoms with van der Waals surface area (Å²) in [6.07, 6.45) is 4.05. The van der Waals surface area contributed by atoms with Gasteiger partial charge in [0.25, 0.3) is 5.91 Å². The van der Waals surface area contributed by atoms with Crippen molar-refractivity contribution in [1.29, 1.82) is 0 Å². The quantitative estimate of drug-likeness (QED) is 0.394. The summed E-state index contributed by atoms with van der Waals surface area (Å²) < 4.78 is 0. The van der Waals surface area contributed by atoms with Gasteiger partial charge in [-0.05, 0) is 68.3 Å². The standard InChI is InChI=1S/C31H34N6O/c1-22-20-26(12-13-28(22)36-18-16-35(2)17-19-36)33-31-32-21-25-6-5-7-27(29(25)34-31)23-8-10-24(11-9-23)30(38)37-14-3-4-15-37/h5-13,20-21H,3-4,14-19H2,1-2H3,(H,32,33,34). The number of anilines is 3. The van der Waals surface area contributed by atoms with E-state index in [1.54, 1.807) is 0 Å². The van der Waals surface area contributed by atoms with Crippen molar-refractivity contribution in [2.45, 2.75) is 19.8 Å². The van der Waals surface area contributed by atoms with Crippen LogP contribution < -0.4 is 10.2 Å². The number of para-hydroxylation sites is 1. The lowest BCUT2D eigenvalue weighted by molar-refractivity contribution is 0.0793. The van der Waals surface area contributed by atoms with Gasteiger partial charge in [-0.2, -0.15) is 0 Å². The van der Waals surface area contributed by atoms with Crippen molar-refractivity contribution in [2.75, 3.05) is 56.5 Å². The summed E-state index contributed by atoms with van der Waals surface area (Å²) in [7, 11) is 2.18. The molecule has 1 aromatic heterocycles. The summed E-state index contributed by atoms with van der Waals surface area (Å²) >= 11 is 0. The van der Waals surface area contributed by atoms with E-state index in [1.165, 1.54) is 11.3 Å². The molecule has 0 bridgehead atoms. The van der Waals surface area contributed by atoms with Crippen molar-refractivity contribution in [3.05, 3.63) is 78.0 Å². The number of fused-ring (bicyclic) bond motifs is 1. The van der Waals surface area contributed by atoms with Crippen LogP contribution in [0.15, 0.2) is 66.9 Å². The fourth-order valence-electron chi connectivity index (χ4n) is 5.51. The molecular weight excluding hydrogens is 472 g/mol. The summed E-state index contributed by atoms with van der Waals surface area (Å²) in [6, 6.07) is 20.5. The number of nitrogens with one attached hydrogen (secondary N) is 1. The SMILES string of the molecule is Cc1cc(Nc2ncc3cccc(-c4ccc(C(=O)N5CCCC5)cc4)c3n2)ccc1N1CCN(C)CC1. The molecule has 1 N–H and O–H groups in total. The van der Waals surface area contributed by atoms with E-state index >= 15 is 0 Å². The average Bonchev–Trinajstić information content (AvgIpc) is 3.48. The van der Waals surface area contributed by atoms with E-state index in [9.17, 15) is 4.79 Å². The molecule has 3 heterocycles. The summed E-state index contributed by atoms with van der Waals surface area (Å²) in [4.78, 5) is 29.0. The van der Waals surface area contributed by atoms with Crippen molar-refractivity contribution in [3.63, 3.8) is 0 Å². The maximum Gasteiger partial charge on any atom is 0.253 e. The molecule has 0 unspecified atom stereocenters. The number of likely N-dealkylation sites (N-methyl/N-ethyl adjacent to an activating group) is 1. The fraction of sp³-hybridized carbons (Fsp3) is 0.323. The number of nitrogens with zero attached hydrogens (tertiary/aromatic N) is 5. The van der Waals surface area contributed by atoms with E-state index in [4.69, 9.17) is 4.98 Å². The van der Waals surface area contributed by atoms with Crippen molar-refractivity contribution in [2.24, 2.45) is 0 Å². The molecular formula is C31H34N6O. The molecule has 2 saturated heterocycles. The Morgan fingerprint density at radius 3 is 2.39 bits per heavy atom. The fourth-order valence-corrected chi connectivity index (χ4v) is 5.51. The Morgan fingerprint density at radius 2 is 1.66 bits per heavy atom. The summed E-state index contributed by atoms with van der Waals surface area (Å²) in [5.74, 6) is 0.687. The van der Waals surface area contributed by atoms with Crippen LogP contribution in [0.4, 0.5) is 17.3 Å². The highest BCUT2D eigenvalue weighted by molar-refractivity contribution is 5.97. The van der Waals surface area contributed by atoms with Crippen molar-refractivity contribution in [3.8, 4) is 11.1 Å². The number of carbonyl (C=O) groups excluding carboxylic acids is 1. The minimum atomic E-state index is 0.120. The molecule has 0 atom stereocenters. The smallest absolute Gasteiger partial charge is 0.253 e. The van der Waals surface area contributed by atoms with Crippen LogP contribution in [0.3, 0.4) is 0 Å². The number of piperazine rings is 1. The molecule has 0 saturated carbocycles. The molecule has 2 aliphatic heterocycles. The highest BCUT2D eigenvalue weighted by Gasteiger charge is 2.20. The Balaban J connectivity index is 1.24. The molecule has 7 nitrogen and oxygen atoms in total. The van der Waals surface area contributed by atoms with Gasteiger partial charge >= 0.3 is 0 Å². The maximum absolute atomic E-state index is 12.8. The third kappa shape index (κ3) is 4.94. The molecule has 38 heavy (non-hydrogen) atoms. The first-order valence-electron chi connectivity index (χ1n) is 13.5. The number of carbonyl (C=O) groups is 1. The number of rotatable bonds is 5. The van der Waals surface area contributed by atoms with Crippen LogP contribution in [0.1, 0.15) is 28.8 Å². The lowest BCUT2D eigenvalue weighted by atomic mass is 10.0. The van der Waals surface area contributed by atoms with Gasteiger partial charge in [0.05, 0.1) is 5.52 Å². The van der Waals surface area contributed by atoms with E-state index in [-0.39, 0.29) is 5.91 Å². The number of hydrogen-bond donors (Lipinski definition) is 1. The second kappa shape index (κ2) is 10.4. The van der Waals surface area contributed by atoms with Gasteiger partial charge in [-0.15, -0.1) is 0 Å². The molecule has 0 aliphatic carbocycles. The largest absolute Gasteiger partial charge is 0.369 e. The predicted octanol–water partition coefficient (Wildman–Crippen LogP) is 5.34. The van der Waals surface area contributed by atoms with Gasteiger partial charge in [-0.25, -0.2) is 9.97 Å². The molecule has 7 heteroatoms. The summed E-state index contributed by atoms with van der Waals surface area (Å²) in [5.41, 5.74) is 7.18. The zero-order chi connectivity index (χ0) is 26.1. The Morgan fingerprint density at radius 1 is 0.895 bits per heavy atom. The topological polar surface area (TPSA) is 64.6 Å². The van der Waals surface area contributed by atoms with Crippen LogP contribution in [0.25, 0.3) is 22.0 Å². The Kier molecular flexibility index (Phi) is 6.68. The van der Waals surface area contributed by atoms with Gasteiger partial charge < -0.3 is 20.0 Å². The Labute approximate surface area is 224 Å². The molecule has 2 fully saturated rings. The predicted molar refractivity (Wildman–Crippen MR) is 154 cm³/mol. The monoisotopic (exact) mass is 506 g/mol. The van der Waals surface area contributed by atoms with Gasteiger partial charge in [0.15, 0.2) is 0 Å². The minimum absolute atomic E-state index is 0.120. The minimum Gasteiger partial charge on any atom is -0.369 e. The molecule has 4 aromatic rings. The molecule has 6 rings (SSSR count). The van der Waals surface area contributed by atoms with Gasteiger partial charge in [0.2, 0.25) is 5.95 Å². The van der Waals surface area contributed by atoms with Gasteiger partial charge in [-0.3, -0.25) is 4.79 Å². The first-order valence-corrected chi connectivity index (χ1v) is 13.5. The molecule has 0 radical (unpaired) electrons. The number of hydrogen-bond acceptors (Lipinski definition) is 6. The zero-order valence-electron chi connectivity index (χ0n) is 22.2. The van der Waals surface area contributed by atoms with E-state index in [2.05, 4.69) is 58.3 Å². The number of benzene rings is 3. The Bertz CT molecular complexity index is 1450. The lowest BCUT2D eigenvalue weighted by Gasteiger charge is -2.35. The molecule has 0 spiro atoms. The third-order valence-electron chi connectivity index (χ3n) is 7.74. The van der Waals surface area contributed by atoms with Gasteiger partial charge in [0, 0.05) is 73.4 Å². The van der Waals surface area contributed by atoms with Crippen LogP contribution in [0.5, 0.6) is 0 Å². The third-order valence-corrected chi connectivity index (χ3v) is 7.74. The van der Waals surface area contributed by atoms with Crippen LogP contribution in [-0.4, -0.2) is 72.0 Å². The number of amides is 1. The molecule has 3 aromatic carbocycles. The summed E-state index contributed by atoms with van der Waals surface area (Å²) in [6.45, 7) is 8.15. The summed E-state index contributed by atoms with van der Waals surface area (Å²) in [5, 5.41) is 4.39. The van der Waals surface area contributed by atoms with Crippen molar-refractivity contribution < 1.29 is 4.79 Å². The van der Waals surface area contributed by atoms with E-state index < -0.39 is 0 Å². The Hall–Kier alpha value is -3.97. The average molecular weight is 507 g/mol. The van der Waals surface area contributed by atoms with E-state index in [1.807, 2.05) is 47.5 Å². The molecule has 2 aliphatic rings. The molecule has 1 amide bonds. The number of aromatic nitrogens is 2. The first kappa shape index (κ1) is 24.4. The number of likely N-dealkylation sites (tertiary alicyclic amines) is 1. The van der Waals surface area contributed by atoms with Gasteiger partial charge in [-0.1, -0.05) is 30.3 Å². The van der Waals surface area contributed by atoms with E-state index in [0.717, 1.165) is 85.4 Å². The van der Waals surface area contributed by atoms with Crippen molar-refractivity contribution >= 4 is 34.1 Å². The second-order valence-corrected chi connectivity index (χ2v) is 10.4. The number of aryl methyl sites for hydroxylation is 1. The lowest BCUT2D eigenvalue weighted by Crippen LogP contribution is -2.44. The highest BCUT2D eigenvalue weighted by atomic mass is 16.2. The van der Waals surface area contributed by atoms with E-state index in [0.29, 0.717) is 5.95 Å². The van der Waals surface area contributed by atoms with Crippen LogP contribution >= 0.6 is 0 Å². The molecule has 194 valence electrons. The normalized spacial score (nSPS) is 16.3. The second-order valence-electron chi connectivity index (χ2n) is 10.4. The zero-order valence-corrected chi connectivity index (χ0v) is 22.2.